The van der Waals surface area contributed by atoms with Gasteiger partial charge in [-0.2, -0.15) is 0 Å². The molecule has 3 rings (SSSR count). The van der Waals surface area contributed by atoms with Crippen molar-refractivity contribution in [2.75, 3.05) is 18.5 Å². The Morgan fingerprint density at radius 3 is 2.25 bits per heavy atom. The summed E-state index contributed by atoms with van der Waals surface area (Å²) in [5, 5.41) is 4.46. The number of anilines is 2. The number of benzene rings is 2. The third-order valence-electron chi connectivity index (χ3n) is 3.74. The molecular formula is C20H22N2O2. The molecule has 124 valence electrons. The topological polar surface area (TPSA) is 43.4 Å². The molecule has 24 heavy (non-hydrogen) atoms. The van der Waals surface area contributed by atoms with Crippen molar-refractivity contribution in [2.24, 2.45) is 0 Å². The molecule has 0 saturated carbocycles. The molecule has 0 bridgehead atoms. The van der Waals surface area contributed by atoms with E-state index in [1.165, 1.54) is 5.56 Å². The second kappa shape index (κ2) is 7.21. The first kappa shape index (κ1) is 16.1. The van der Waals surface area contributed by atoms with Gasteiger partial charge in [0.25, 0.3) is 0 Å². The van der Waals surface area contributed by atoms with Crippen LogP contribution < -0.4 is 14.8 Å². The summed E-state index contributed by atoms with van der Waals surface area (Å²) in [6.45, 7) is 7.19. The lowest BCUT2D eigenvalue weighted by molar-refractivity contribution is 0.288. The van der Waals surface area contributed by atoms with Crippen molar-refractivity contribution in [3.8, 4) is 11.5 Å². The molecule has 4 heteroatoms. The number of hydrogen-bond donors (Lipinski definition) is 1. The first-order valence-electron chi connectivity index (χ1n) is 8.23. The molecule has 2 aromatic carbocycles. The number of aromatic nitrogens is 1. The third kappa shape index (κ3) is 3.43. The van der Waals surface area contributed by atoms with E-state index in [1.807, 2.05) is 32.0 Å². The minimum absolute atomic E-state index is 0.590. The fraction of sp³-hybridized carbons (Fsp3) is 0.250. The Morgan fingerprint density at radius 2 is 1.58 bits per heavy atom. The van der Waals surface area contributed by atoms with Crippen LogP contribution in [0.15, 0.2) is 48.7 Å². The van der Waals surface area contributed by atoms with Crippen molar-refractivity contribution in [3.63, 3.8) is 0 Å². The number of nitrogens with one attached hydrogen (secondary N) is 1. The highest BCUT2D eigenvalue weighted by molar-refractivity contribution is 5.95. The molecule has 0 saturated heterocycles. The number of ether oxygens (including phenoxy) is 2. The van der Waals surface area contributed by atoms with Gasteiger partial charge in [0, 0.05) is 29.0 Å². The Morgan fingerprint density at radius 1 is 0.917 bits per heavy atom. The quantitative estimate of drug-likeness (QED) is 0.687. The van der Waals surface area contributed by atoms with Crippen LogP contribution >= 0.6 is 0 Å². The molecular weight excluding hydrogens is 300 g/mol. The van der Waals surface area contributed by atoms with Crippen molar-refractivity contribution in [1.29, 1.82) is 0 Å². The molecule has 0 spiro atoms. The average molecular weight is 322 g/mol. The smallest absolute Gasteiger partial charge is 0.163 e. The summed E-state index contributed by atoms with van der Waals surface area (Å²) < 4.78 is 11.4. The van der Waals surface area contributed by atoms with Crippen LogP contribution in [0.5, 0.6) is 11.5 Å². The minimum Gasteiger partial charge on any atom is -0.490 e. The number of fused-ring (bicyclic) bond motifs is 1. The minimum atomic E-state index is 0.590. The van der Waals surface area contributed by atoms with E-state index in [0.717, 1.165) is 33.8 Å². The van der Waals surface area contributed by atoms with E-state index >= 15 is 0 Å². The highest BCUT2D eigenvalue weighted by Crippen LogP contribution is 2.35. The van der Waals surface area contributed by atoms with Crippen molar-refractivity contribution < 1.29 is 9.47 Å². The maximum Gasteiger partial charge on any atom is 0.163 e. The van der Waals surface area contributed by atoms with Gasteiger partial charge >= 0.3 is 0 Å². The van der Waals surface area contributed by atoms with Crippen LogP contribution in [0.4, 0.5) is 11.4 Å². The van der Waals surface area contributed by atoms with Crippen LogP contribution in [0.2, 0.25) is 0 Å². The van der Waals surface area contributed by atoms with Crippen molar-refractivity contribution in [2.45, 2.75) is 20.8 Å². The molecule has 0 fully saturated rings. The molecule has 1 aromatic heterocycles. The average Bonchev–Trinajstić information content (AvgIpc) is 2.58. The zero-order valence-corrected chi connectivity index (χ0v) is 14.3. The molecule has 0 amide bonds. The van der Waals surface area contributed by atoms with Gasteiger partial charge in [-0.05, 0) is 45.0 Å². The molecule has 0 unspecified atom stereocenters. The molecule has 1 N–H and O–H groups in total. The fourth-order valence-electron chi connectivity index (χ4n) is 2.59. The standard InChI is InChI=1S/C20H22N2O2/c1-4-23-19-12-16-17(22-15-8-6-14(3)7-9-15)10-11-21-18(16)13-20(19)24-5-2/h6-13H,4-5H2,1-3H3,(H,21,22). The van der Waals surface area contributed by atoms with Crippen molar-refractivity contribution >= 4 is 22.3 Å². The van der Waals surface area contributed by atoms with Gasteiger partial charge in [-0.3, -0.25) is 4.98 Å². The van der Waals surface area contributed by atoms with Gasteiger partial charge in [0.15, 0.2) is 11.5 Å². The van der Waals surface area contributed by atoms with Crippen LogP contribution in [0, 0.1) is 6.92 Å². The summed E-state index contributed by atoms with van der Waals surface area (Å²) in [6.07, 6.45) is 1.80. The molecule has 4 nitrogen and oxygen atoms in total. The zero-order chi connectivity index (χ0) is 16.9. The van der Waals surface area contributed by atoms with Gasteiger partial charge in [0.2, 0.25) is 0 Å². The first-order valence-corrected chi connectivity index (χ1v) is 8.23. The molecule has 0 aliphatic rings. The summed E-state index contributed by atoms with van der Waals surface area (Å²) in [4.78, 5) is 4.47. The van der Waals surface area contributed by atoms with Gasteiger partial charge in [0.1, 0.15) is 0 Å². The van der Waals surface area contributed by atoms with Gasteiger partial charge < -0.3 is 14.8 Å². The lowest BCUT2D eigenvalue weighted by atomic mass is 10.1. The van der Waals surface area contributed by atoms with Gasteiger partial charge in [-0.15, -0.1) is 0 Å². The van der Waals surface area contributed by atoms with Crippen LogP contribution in [-0.4, -0.2) is 18.2 Å². The lowest BCUT2D eigenvalue weighted by Gasteiger charge is -2.14. The normalized spacial score (nSPS) is 10.6. The van der Waals surface area contributed by atoms with E-state index in [4.69, 9.17) is 9.47 Å². The maximum atomic E-state index is 5.74. The van der Waals surface area contributed by atoms with Gasteiger partial charge in [-0.25, -0.2) is 0 Å². The van der Waals surface area contributed by atoms with E-state index in [0.29, 0.717) is 13.2 Å². The predicted molar refractivity (Wildman–Crippen MR) is 98.5 cm³/mol. The highest BCUT2D eigenvalue weighted by Gasteiger charge is 2.11. The zero-order valence-electron chi connectivity index (χ0n) is 14.3. The summed E-state index contributed by atoms with van der Waals surface area (Å²) in [6, 6.07) is 14.2. The second-order valence-electron chi connectivity index (χ2n) is 5.53. The summed E-state index contributed by atoms with van der Waals surface area (Å²) in [7, 11) is 0. The highest BCUT2D eigenvalue weighted by atomic mass is 16.5. The number of pyridine rings is 1. The van der Waals surface area contributed by atoms with Gasteiger partial charge in [-0.1, -0.05) is 17.7 Å². The Kier molecular flexibility index (Phi) is 4.85. The van der Waals surface area contributed by atoms with Crippen LogP contribution in [-0.2, 0) is 0 Å². The number of aryl methyl sites for hydroxylation is 1. The van der Waals surface area contributed by atoms with Crippen molar-refractivity contribution in [3.05, 3.63) is 54.2 Å². The molecule has 0 radical (unpaired) electrons. The molecule has 3 aromatic rings. The van der Waals surface area contributed by atoms with Crippen molar-refractivity contribution in [1.82, 2.24) is 4.98 Å². The molecule has 0 aliphatic heterocycles. The number of rotatable bonds is 6. The second-order valence-corrected chi connectivity index (χ2v) is 5.53. The predicted octanol–water partition coefficient (Wildman–Crippen LogP) is 5.08. The largest absolute Gasteiger partial charge is 0.490 e. The van der Waals surface area contributed by atoms with Crippen LogP contribution in [0.1, 0.15) is 19.4 Å². The Bertz CT molecular complexity index is 829. The summed E-state index contributed by atoms with van der Waals surface area (Å²) >= 11 is 0. The number of hydrogen-bond acceptors (Lipinski definition) is 4. The first-order chi connectivity index (χ1) is 11.7. The summed E-state index contributed by atoms with van der Waals surface area (Å²) in [5.74, 6) is 1.47. The number of nitrogens with zero attached hydrogens (tertiary/aromatic N) is 1. The van der Waals surface area contributed by atoms with E-state index < -0.39 is 0 Å². The summed E-state index contributed by atoms with van der Waals surface area (Å²) in [5.41, 5.74) is 4.15. The SMILES string of the molecule is CCOc1cc2nccc(Nc3ccc(C)cc3)c2cc1OCC. The maximum absolute atomic E-state index is 5.74. The molecule has 1 heterocycles. The molecule has 0 atom stereocenters. The van der Waals surface area contributed by atoms with Gasteiger partial charge in [0.05, 0.1) is 18.7 Å². The Labute approximate surface area is 142 Å². The Balaban J connectivity index is 2.04. The van der Waals surface area contributed by atoms with E-state index in [1.54, 1.807) is 6.20 Å². The fourth-order valence-corrected chi connectivity index (χ4v) is 2.59. The Hall–Kier alpha value is -2.75. The lowest BCUT2D eigenvalue weighted by Crippen LogP contribution is -2.00. The third-order valence-corrected chi connectivity index (χ3v) is 3.74. The van der Waals surface area contributed by atoms with E-state index in [-0.39, 0.29) is 0 Å². The van der Waals surface area contributed by atoms with Crippen LogP contribution in [0.3, 0.4) is 0 Å². The van der Waals surface area contributed by atoms with E-state index in [2.05, 4.69) is 41.5 Å². The molecule has 0 aliphatic carbocycles. The van der Waals surface area contributed by atoms with Crippen LogP contribution in [0.25, 0.3) is 10.9 Å². The van der Waals surface area contributed by atoms with E-state index in [9.17, 15) is 0 Å². The monoisotopic (exact) mass is 322 g/mol.